The van der Waals surface area contributed by atoms with Gasteiger partial charge in [-0.1, -0.05) is 26.0 Å². The fourth-order valence-electron chi connectivity index (χ4n) is 4.41. The molecule has 228 valence electrons. The maximum atomic E-state index is 14.4. The number of aliphatic carboxylic acids is 1. The fraction of sp³-hybridized carbons (Fsp3) is 0.393. The summed E-state index contributed by atoms with van der Waals surface area (Å²) >= 11 is 0. The van der Waals surface area contributed by atoms with Crippen molar-refractivity contribution in [3.05, 3.63) is 69.4 Å². The Kier molecular flexibility index (Phi) is 9.18. The van der Waals surface area contributed by atoms with Gasteiger partial charge in [0.05, 0.1) is 10.9 Å². The molecule has 0 aliphatic carbocycles. The van der Waals surface area contributed by atoms with Gasteiger partial charge in [0.15, 0.2) is 17.4 Å². The van der Waals surface area contributed by atoms with Crippen LogP contribution < -0.4 is 15.6 Å². The molecule has 14 heteroatoms. The van der Waals surface area contributed by atoms with E-state index >= 15 is 0 Å². The van der Waals surface area contributed by atoms with Gasteiger partial charge in [0.1, 0.15) is 5.58 Å². The minimum atomic E-state index is -5.08. The van der Waals surface area contributed by atoms with Gasteiger partial charge in [-0.25, -0.2) is 9.59 Å². The quantitative estimate of drug-likeness (QED) is 0.274. The third-order valence-electron chi connectivity index (χ3n) is 6.76. The second-order valence-corrected chi connectivity index (χ2v) is 10.6. The number of para-hydroxylation sites is 1. The molecule has 0 saturated carbocycles. The summed E-state index contributed by atoms with van der Waals surface area (Å²) in [6, 6.07) is 7.25. The van der Waals surface area contributed by atoms with E-state index in [1.807, 2.05) is 4.90 Å². The Labute approximate surface area is 235 Å². The monoisotopic (exact) mass is 602 g/mol. The largest absolute Gasteiger partial charge is 0.490 e. The number of benzene rings is 2. The number of piperidine rings is 1. The van der Waals surface area contributed by atoms with Crippen molar-refractivity contribution in [3.8, 4) is 0 Å². The number of carbonyl (C=O) groups is 2. The molecule has 1 aromatic heterocycles. The van der Waals surface area contributed by atoms with Gasteiger partial charge in [-0.15, -0.1) is 0 Å². The number of aryl methyl sites for hydroxylation is 1. The van der Waals surface area contributed by atoms with Gasteiger partial charge in [0.25, 0.3) is 0 Å². The van der Waals surface area contributed by atoms with E-state index < -0.39 is 35.8 Å². The van der Waals surface area contributed by atoms with Crippen LogP contribution in [0.25, 0.3) is 11.0 Å². The van der Waals surface area contributed by atoms with Crippen molar-refractivity contribution in [2.24, 2.45) is 5.41 Å². The molecule has 1 aliphatic rings. The van der Waals surface area contributed by atoms with E-state index in [0.717, 1.165) is 12.8 Å². The van der Waals surface area contributed by atoms with Gasteiger partial charge in [0, 0.05) is 30.4 Å². The molecule has 1 atom stereocenters. The average Bonchev–Trinajstić information content (AvgIpc) is 2.86. The summed E-state index contributed by atoms with van der Waals surface area (Å²) in [6.07, 6.45) is -8.18. The Hall–Kier alpha value is -4.23. The Balaban J connectivity index is 0.000000616. The van der Waals surface area contributed by atoms with Crippen LogP contribution in [0.5, 0.6) is 0 Å². The molecular weight excluding hydrogens is 574 g/mol. The van der Waals surface area contributed by atoms with E-state index in [4.69, 9.17) is 14.3 Å². The molecule has 42 heavy (non-hydrogen) atoms. The number of alkyl halides is 6. The molecule has 4 rings (SSSR count). The van der Waals surface area contributed by atoms with Crippen LogP contribution in [0.2, 0.25) is 0 Å². The number of fused-ring (bicyclic) bond motifs is 1. The fourth-order valence-corrected chi connectivity index (χ4v) is 4.41. The molecule has 1 unspecified atom stereocenters. The first kappa shape index (κ1) is 32.3. The highest BCUT2D eigenvalue weighted by Gasteiger charge is 2.43. The van der Waals surface area contributed by atoms with Crippen LogP contribution in [0.3, 0.4) is 0 Å². The second-order valence-electron chi connectivity index (χ2n) is 10.6. The summed E-state index contributed by atoms with van der Waals surface area (Å²) in [4.78, 5) is 35.3. The van der Waals surface area contributed by atoms with Crippen molar-refractivity contribution in [3.63, 3.8) is 0 Å². The number of rotatable bonds is 5. The number of anilines is 2. The maximum absolute atomic E-state index is 14.4. The lowest BCUT2D eigenvalue weighted by atomic mass is 9.83. The lowest BCUT2D eigenvalue weighted by Crippen LogP contribution is -2.37. The van der Waals surface area contributed by atoms with Crippen molar-refractivity contribution < 1.29 is 50.6 Å². The zero-order valence-corrected chi connectivity index (χ0v) is 22.7. The van der Waals surface area contributed by atoms with E-state index in [-0.39, 0.29) is 39.1 Å². The molecule has 1 fully saturated rings. The summed E-state index contributed by atoms with van der Waals surface area (Å²) in [5, 5.41) is 19.0. The van der Waals surface area contributed by atoms with Crippen LogP contribution in [-0.4, -0.2) is 47.6 Å². The smallest absolute Gasteiger partial charge is 0.478 e. The van der Waals surface area contributed by atoms with Gasteiger partial charge < -0.3 is 24.8 Å². The number of carboxylic acids is 2. The lowest BCUT2D eigenvalue weighted by molar-refractivity contribution is -0.192. The molecule has 8 nitrogen and oxygen atoms in total. The third kappa shape index (κ3) is 7.74. The Morgan fingerprint density at radius 3 is 2.10 bits per heavy atom. The Morgan fingerprint density at radius 1 is 1.00 bits per heavy atom. The van der Waals surface area contributed by atoms with Gasteiger partial charge in [-0.3, -0.25) is 4.79 Å². The van der Waals surface area contributed by atoms with Gasteiger partial charge in [-0.05, 0) is 55.0 Å². The molecule has 0 amide bonds. The molecule has 0 radical (unpaired) electrons. The standard InChI is InChI=1S/C26H27F3N2O4.C2HF3O2/c1-15-12-17-20(32)14-21(31-10-8-25(2,3)9-11-31)35-22(17)18(13-15)23(26(27,28)29)30-19-7-5-4-6-16(19)24(33)34;3-2(4,5)1(6)7/h4-7,12-14,23,30H,8-11H2,1-3H3,(H,33,34);(H,6,7). The topological polar surface area (TPSA) is 120 Å². The molecule has 1 aliphatic heterocycles. The predicted molar refractivity (Wildman–Crippen MR) is 142 cm³/mol. The van der Waals surface area contributed by atoms with E-state index in [0.29, 0.717) is 18.7 Å². The molecule has 3 N–H and O–H groups in total. The maximum Gasteiger partial charge on any atom is 0.490 e. The van der Waals surface area contributed by atoms with E-state index in [2.05, 4.69) is 19.2 Å². The summed E-state index contributed by atoms with van der Waals surface area (Å²) in [5.74, 6) is -3.88. The predicted octanol–water partition coefficient (Wildman–Crippen LogP) is 6.77. The van der Waals surface area contributed by atoms with Gasteiger partial charge in [-0.2, -0.15) is 26.3 Å². The number of carboxylic acid groups (broad SMARTS) is 2. The zero-order valence-electron chi connectivity index (χ0n) is 22.7. The van der Waals surface area contributed by atoms with Crippen LogP contribution >= 0.6 is 0 Å². The minimum absolute atomic E-state index is 0.0451. The van der Waals surface area contributed by atoms with Crippen LogP contribution in [0.4, 0.5) is 37.9 Å². The molecule has 2 aromatic carbocycles. The highest BCUT2D eigenvalue weighted by molar-refractivity contribution is 5.94. The third-order valence-corrected chi connectivity index (χ3v) is 6.76. The summed E-state index contributed by atoms with van der Waals surface area (Å²) < 4.78 is 80.9. The first-order valence-corrected chi connectivity index (χ1v) is 12.6. The van der Waals surface area contributed by atoms with Gasteiger partial charge in [0.2, 0.25) is 0 Å². The Morgan fingerprint density at radius 2 is 1.57 bits per heavy atom. The van der Waals surface area contributed by atoms with Crippen LogP contribution in [0.1, 0.15) is 54.2 Å². The number of nitrogens with zero attached hydrogens (tertiary/aromatic N) is 1. The summed E-state index contributed by atoms with van der Waals surface area (Å²) in [5.41, 5.74) is -0.753. The number of hydrogen-bond acceptors (Lipinski definition) is 6. The molecule has 1 saturated heterocycles. The van der Waals surface area contributed by atoms with E-state index in [9.17, 15) is 41.0 Å². The van der Waals surface area contributed by atoms with Gasteiger partial charge >= 0.3 is 24.3 Å². The number of halogens is 6. The lowest BCUT2D eigenvalue weighted by Gasteiger charge is -2.37. The van der Waals surface area contributed by atoms with Crippen LogP contribution in [-0.2, 0) is 4.79 Å². The normalized spacial score (nSPS) is 15.9. The van der Waals surface area contributed by atoms with E-state index in [1.54, 1.807) is 6.92 Å². The highest BCUT2D eigenvalue weighted by atomic mass is 19.4. The number of aromatic carboxylic acids is 1. The van der Waals surface area contributed by atoms with E-state index in [1.165, 1.54) is 42.5 Å². The zero-order chi connectivity index (χ0) is 31.6. The summed E-state index contributed by atoms with van der Waals surface area (Å²) in [7, 11) is 0. The van der Waals surface area contributed by atoms with Crippen molar-refractivity contribution in [1.82, 2.24) is 0 Å². The Bertz CT molecular complexity index is 1520. The number of hydrogen-bond donors (Lipinski definition) is 3. The SMILES string of the molecule is Cc1cc(C(Nc2ccccc2C(=O)O)C(F)(F)F)c2oc(N3CCC(C)(C)CC3)cc(=O)c2c1.O=C(O)C(F)(F)F. The first-order valence-electron chi connectivity index (χ1n) is 12.6. The molecule has 2 heterocycles. The summed E-state index contributed by atoms with van der Waals surface area (Å²) in [6.45, 7) is 7.14. The van der Waals surface area contributed by atoms with Crippen molar-refractivity contribution >= 4 is 34.5 Å². The van der Waals surface area contributed by atoms with Crippen LogP contribution in [0.15, 0.2) is 51.7 Å². The second kappa shape index (κ2) is 11.9. The first-order chi connectivity index (χ1) is 19.3. The molecule has 0 spiro atoms. The highest BCUT2D eigenvalue weighted by Crippen LogP contribution is 2.41. The van der Waals surface area contributed by atoms with Crippen molar-refractivity contribution in [2.75, 3.05) is 23.3 Å². The van der Waals surface area contributed by atoms with Crippen molar-refractivity contribution in [1.29, 1.82) is 0 Å². The molecule has 3 aromatic rings. The molecule has 0 bridgehead atoms. The van der Waals surface area contributed by atoms with Crippen LogP contribution in [0, 0.1) is 12.3 Å². The minimum Gasteiger partial charge on any atom is -0.478 e. The number of nitrogens with one attached hydrogen (secondary N) is 1. The average molecular weight is 603 g/mol. The molecular formula is C28H28F6N2O6. The van der Waals surface area contributed by atoms with Crippen molar-refractivity contribution in [2.45, 2.75) is 52.0 Å².